The molecule has 9 heteroatoms. The number of aromatic nitrogens is 2. The molecule has 2 fully saturated rings. The van der Waals surface area contributed by atoms with Crippen molar-refractivity contribution in [2.45, 2.75) is 44.7 Å². The average molecular weight is 436 g/mol. The van der Waals surface area contributed by atoms with E-state index in [9.17, 15) is 18.0 Å². The molecule has 0 unspecified atom stereocenters. The van der Waals surface area contributed by atoms with E-state index >= 15 is 0 Å². The smallest absolute Gasteiger partial charge is 0.417 e. The van der Waals surface area contributed by atoms with Crippen molar-refractivity contribution in [3.05, 3.63) is 29.8 Å². The van der Waals surface area contributed by atoms with E-state index in [2.05, 4.69) is 20.4 Å². The van der Waals surface area contributed by atoms with Gasteiger partial charge in [-0.2, -0.15) is 18.3 Å². The summed E-state index contributed by atoms with van der Waals surface area (Å²) in [5.41, 5.74) is -0.749. The molecule has 0 spiro atoms. The molecule has 31 heavy (non-hydrogen) atoms. The van der Waals surface area contributed by atoms with Crippen LogP contribution in [0.2, 0.25) is 0 Å². The van der Waals surface area contributed by atoms with Gasteiger partial charge in [0.15, 0.2) is 0 Å². The van der Waals surface area contributed by atoms with Crippen LogP contribution < -0.4 is 10.1 Å². The van der Waals surface area contributed by atoms with Crippen LogP contribution in [-0.2, 0) is 11.0 Å². The van der Waals surface area contributed by atoms with Crippen LogP contribution in [0, 0.1) is 5.92 Å². The molecule has 6 nitrogen and oxygen atoms in total. The molecule has 1 aromatic heterocycles. The van der Waals surface area contributed by atoms with Crippen molar-refractivity contribution in [1.29, 1.82) is 0 Å². The third-order valence-corrected chi connectivity index (χ3v) is 5.68. The van der Waals surface area contributed by atoms with E-state index in [0.29, 0.717) is 18.9 Å². The highest BCUT2D eigenvalue weighted by Gasteiger charge is 2.35. The highest BCUT2D eigenvalue weighted by Crippen LogP contribution is 2.39. The van der Waals surface area contributed by atoms with Crippen molar-refractivity contribution in [1.82, 2.24) is 15.1 Å². The molecule has 1 saturated heterocycles. The number of benzene rings is 1. The monoisotopic (exact) mass is 436 g/mol. The summed E-state index contributed by atoms with van der Waals surface area (Å²) in [5, 5.41) is 9.28. The molecule has 0 bridgehead atoms. The number of aromatic amines is 1. The number of alkyl halides is 3. The van der Waals surface area contributed by atoms with Crippen LogP contribution >= 0.6 is 0 Å². The zero-order valence-electron chi connectivity index (χ0n) is 17.3. The van der Waals surface area contributed by atoms with Crippen LogP contribution in [0.15, 0.2) is 24.3 Å². The van der Waals surface area contributed by atoms with Crippen LogP contribution in [0.5, 0.6) is 5.75 Å². The molecule has 1 amide bonds. The highest BCUT2D eigenvalue weighted by molar-refractivity contribution is 5.90. The fourth-order valence-corrected chi connectivity index (χ4v) is 3.78. The molecule has 2 heterocycles. The third kappa shape index (κ3) is 6.00. The Morgan fingerprint density at radius 1 is 1.23 bits per heavy atom. The molecule has 0 atom stereocenters. The lowest BCUT2D eigenvalue weighted by Gasteiger charge is -2.14. The molecule has 1 aromatic carbocycles. The zero-order valence-corrected chi connectivity index (χ0v) is 17.3. The summed E-state index contributed by atoms with van der Waals surface area (Å²) in [7, 11) is 0. The van der Waals surface area contributed by atoms with Gasteiger partial charge >= 0.3 is 6.18 Å². The minimum Gasteiger partial charge on any atom is -0.493 e. The van der Waals surface area contributed by atoms with E-state index in [1.54, 1.807) is 0 Å². The zero-order chi connectivity index (χ0) is 21.8. The Morgan fingerprint density at radius 2 is 2.00 bits per heavy atom. The predicted octanol–water partition coefficient (Wildman–Crippen LogP) is 4.70. The maximum absolute atomic E-state index is 13.6. The lowest BCUT2D eigenvalue weighted by Crippen LogP contribution is -2.22. The molecular formula is C22H27F3N4O2. The summed E-state index contributed by atoms with van der Waals surface area (Å²) in [4.78, 5) is 14.5. The summed E-state index contributed by atoms with van der Waals surface area (Å²) >= 11 is 0. The number of amides is 1. The molecular weight excluding hydrogens is 409 g/mol. The first kappa shape index (κ1) is 21.7. The van der Waals surface area contributed by atoms with E-state index in [0.717, 1.165) is 45.0 Å². The minimum atomic E-state index is -4.55. The standard InChI is InChI=1S/C22H27F3N4O2/c23-22(24,25)18-12-16(31-14-15-5-6-15)7-8-17(18)19-13-20(28-27-19)26-21(30)4-3-11-29-9-1-2-10-29/h7-8,12-13,15H,1-6,9-11,14H2,(H2,26,27,28,30). The number of halogens is 3. The SMILES string of the molecule is O=C(CCCN1CCCC1)Nc1cc(-c2ccc(OCC3CC3)cc2C(F)(F)F)n[nH]1. The van der Waals surface area contributed by atoms with E-state index < -0.39 is 11.7 Å². The molecule has 2 aliphatic rings. The van der Waals surface area contributed by atoms with Gasteiger partial charge in [0.25, 0.3) is 0 Å². The number of likely N-dealkylation sites (tertiary alicyclic amines) is 1. The van der Waals surface area contributed by atoms with E-state index in [4.69, 9.17) is 4.74 Å². The number of carbonyl (C=O) groups is 1. The van der Waals surface area contributed by atoms with Crippen molar-refractivity contribution < 1.29 is 22.7 Å². The summed E-state index contributed by atoms with van der Waals surface area (Å²) in [5.74, 6) is 0.740. The second kappa shape index (κ2) is 9.30. The first-order valence-electron chi connectivity index (χ1n) is 10.8. The summed E-state index contributed by atoms with van der Waals surface area (Å²) in [6.07, 6.45) is 1.08. The summed E-state index contributed by atoms with van der Waals surface area (Å²) in [6, 6.07) is 5.33. The number of nitrogens with zero attached hydrogens (tertiary/aromatic N) is 2. The Balaban J connectivity index is 1.39. The van der Waals surface area contributed by atoms with Gasteiger partial charge in [0.1, 0.15) is 11.6 Å². The number of hydrogen-bond donors (Lipinski definition) is 2. The number of hydrogen-bond acceptors (Lipinski definition) is 4. The lowest BCUT2D eigenvalue weighted by molar-refractivity contribution is -0.137. The van der Waals surface area contributed by atoms with Gasteiger partial charge in [0.05, 0.1) is 17.9 Å². The van der Waals surface area contributed by atoms with Gasteiger partial charge in [-0.1, -0.05) is 0 Å². The van der Waals surface area contributed by atoms with Crippen molar-refractivity contribution in [3.8, 4) is 17.0 Å². The molecule has 1 aliphatic carbocycles. The van der Waals surface area contributed by atoms with Gasteiger partial charge in [-0.25, -0.2) is 0 Å². The highest BCUT2D eigenvalue weighted by atomic mass is 19.4. The maximum Gasteiger partial charge on any atom is 0.417 e. The van der Waals surface area contributed by atoms with Gasteiger partial charge in [-0.15, -0.1) is 0 Å². The largest absolute Gasteiger partial charge is 0.493 e. The second-order valence-electron chi connectivity index (χ2n) is 8.33. The molecule has 1 aliphatic heterocycles. The number of carbonyl (C=O) groups excluding carboxylic acids is 1. The lowest BCUT2D eigenvalue weighted by atomic mass is 10.0. The number of ether oxygens (including phenoxy) is 1. The van der Waals surface area contributed by atoms with E-state index in [1.807, 2.05) is 0 Å². The Labute approximate surface area is 179 Å². The van der Waals surface area contributed by atoms with Crippen LogP contribution in [0.4, 0.5) is 19.0 Å². The third-order valence-electron chi connectivity index (χ3n) is 5.68. The first-order chi connectivity index (χ1) is 14.9. The Kier molecular flexibility index (Phi) is 6.50. The van der Waals surface area contributed by atoms with E-state index in [-0.39, 0.29) is 28.7 Å². The Hall–Kier alpha value is -2.55. The molecule has 168 valence electrons. The van der Waals surface area contributed by atoms with Crippen molar-refractivity contribution >= 4 is 11.7 Å². The summed E-state index contributed by atoms with van der Waals surface area (Å²) < 4.78 is 46.4. The fraction of sp³-hybridized carbons (Fsp3) is 0.545. The predicted molar refractivity (Wildman–Crippen MR) is 111 cm³/mol. The van der Waals surface area contributed by atoms with Gasteiger partial charge in [-0.05, 0) is 75.9 Å². The quantitative estimate of drug-likeness (QED) is 0.598. The maximum atomic E-state index is 13.6. The Bertz CT molecular complexity index is 902. The minimum absolute atomic E-state index is 0.0583. The summed E-state index contributed by atoms with van der Waals surface area (Å²) in [6.45, 7) is 3.48. The van der Waals surface area contributed by atoms with Gasteiger partial charge < -0.3 is 15.0 Å². The molecule has 4 rings (SSSR count). The van der Waals surface area contributed by atoms with Crippen LogP contribution in [0.3, 0.4) is 0 Å². The van der Waals surface area contributed by atoms with Gasteiger partial charge in [0.2, 0.25) is 5.91 Å². The molecule has 0 radical (unpaired) electrons. The first-order valence-corrected chi connectivity index (χ1v) is 10.8. The van der Waals surface area contributed by atoms with Crippen LogP contribution in [-0.4, -0.2) is 47.2 Å². The molecule has 2 aromatic rings. The molecule has 2 N–H and O–H groups in total. The van der Waals surface area contributed by atoms with E-state index in [1.165, 1.54) is 31.0 Å². The average Bonchev–Trinajstić information content (AvgIpc) is 3.19. The number of nitrogens with one attached hydrogen (secondary N) is 2. The fourth-order valence-electron chi connectivity index (χ4n) is 3.78. The topological polar surface area (TPSA) is 70.2 Å². The Morgan fingerprint density at radius 3 is 2.71 bits per heavy atom. The van der Waals surface area contributed by atoms with Crippen molar-refractivity contribution in [2.24, 2.45) is 5.92 Å². The number of anilines is 1. The second-order valence-corrected chi connectivity index (χ2v) is 8.33. The molecule has 1 saturated carbocycles. The normalized spacial score (nSPS) is 17.1. The van der Waals surface area contributed by atoms with Crippen LogP contribution in [0.1, 0.15) is 44.1 Å². The van der Waals surface area contributed by atoms with Gasteiger partial charge in [-0.3, -0.25) is 9.89 Å². The van der Waals surface area contributed by atoms with Crippen molar-refractivity contribution in [2.75, 3.05) is 31.6 Å². The number of H-pyrrole nitrogens is 1. The van der Waals surface area contributed by atoms with Gasteiger partial charge in [0, 0.05) is 18.1 Å². The van der Waals surface area contributed by atoms with Crippen LogP contribution in [0.25, 0.3) is 11.3 Å². The number of rotatable bonds is 9. The van der Waals surface area contributed by atoms with Crippen molar-refractivity contribution in [3.63, 3.8) is 0 Å².